The van der Waals surface area contributed by atoms with Crippen molar-refractivity contribution in [1.29, 1.82) is 0 Å². The number of hydrogen-bond acceptors (Lipinski definition) is 3. The standard InChI is InChI=1S/C16H25NO3S/c1-3-12-20-14-8-10-15(11-9-14)21(18,19)17-16-7-5-4-6-13(16)2/h8-11,13,16-17H,3-7,12H2,1-2H3. The molecule has 2 rings (SSSR count). The molecule has 5 heteroatoms. The summed E-state index contributed by atoms with van der Waals surface area (Å²) in [6.45, 7) is 4.80. The van der Waals surface area contributed by atoms with Crippen LogP contribution in [0.3, 0.4) is 0 Å². The van der Waals surface area contributed by atoms with Gasteiger partial charge in [-0.2, -0.15) is 0 Å². The van der Waals surface area contributed by atoms with E-state index in [1.807, 2.05) is 6.92 Å². The van der Waals surface area contributed by atoms with E-state index >= 15 is 0 Å². The summed E-state index contributed by atoms with van der Waals surface area (Å²) >= 11 is 0. The molecule has 2 atom stereocenters. The molecule has 0 saturated heterocycles. The van der Waals surface area contributed by atoms with Gasteiger partial charge < -0.3 is 4.74 Å². The van der Waals surface area contributed by atoms with Crippen molar-refractivity contribution < 1.29 is 13.2 Å². The van der Waals surface area contributed by atoms with Gasteiger partial charge in [0.15, 0.2) is 0 Å². The molecule has 0 spiro atoms. The maximum atomic E-state index is 12.4. The van der Waals surface area contributed by atoms with Gasteiger partial charge in [0.25, 0.3) is 0 Å². The van der Waals surface area contributed by atoms with Gasteiger partial charge in [0.05, 0.1) is 11.5 Å². The fourth-order valence-corrected chi connectivity index (χ4v) is 4.07. The van der Waals surface area contributed by atoms with E-state index in [0.29, 0.717) is 23.2 Å². The molecule has 118 valence electrons. The molecule has 1 aliphatic rings. The van der Waals surface area contributed by atoms with Gasteiger partial charge in [-0.05, 0) is 49.4 Å². The molecule has 1 saturated carbocycles. The predicted octanol–water partition coefficient (Wildman–Crippen LogP) is 3.33. The Bertz CT molecular complexity index is 539. The van der Waals surface area contributed by atoms with Crippen LogP contribution in [0.5, 0.6) is 5.75 Å². The Hall–Kier alpha value is -1.07. The van der Waals surface area contributed by atoms with Crippen LogP contribution in [0, 0.1) is 5.92 Å². The first-order chi connectivity index (χ1) is 10.0. The summed E-state index contributed by atoms with van der Waals surface area (Å²) in [4.78, 5) is 0.309. The highest BCUT2D eigenvalue weighted by Gasteiger charge is 2.26. The molecule has 1 fully saturated rings. The fraction of sp³-hybridized carbons (Fsp3) is 0.625. The largest absolute Gasteiger partial charge is 0.494 e. The SMILES string of the molecule is CCCOc1ccc(S(=O)(=O)NC2CCCCC2C)cc1. The minimum absolute atomic E-state index is 0.0553. The van der Waals surface area contributed by atoms with Crippen molar-refractivity contribution in [3.63, 3.8) is 0 Å². The molecule has 2 unspecified atom stereocenters. The summed E-state index contributed by atoms with van der Waals surface area (Å²) in [7, 11) is -3.44. The fourth-order valence-electron chi connectivity index (χ4n) is 2.69. The molecule has 0 aromatic heterocycles. The third-order valence-corrected chi connectivity index (χ3v) is 5.53. The molecule has 0 bridgehead atoms. The van der Waals surface area contributed by atoms with Crippen molar-refractivity contribution in [3.05, 3.63) is 24.3 Å². The van der Waals surface area contributed by atoms with Crippen LogP contribution in [0.25, 0.3) is 0 Å². The van der Waals surface area contributed by atoms with E-state index in [4.69, 9.17) is 4.74 Å². The van der Waals surface area contributed by atoms with Gasteiger partial charge in [-0.1, -0.05) is 26.7 Å². The van der Waals surface area contributed by atoms with Crippen LogP contribution in [-0.2, 0) is 10.0 Å². The lowest BCUT2D eigenvalue weighted by Gasteiger charge is -2.29. The molecular formula is C16H25NO3S. The molecule has 0 amide bonds. The molecule has 1 aromatic rings. The number of rotatable bonds is 6. The van der Waals surface area contributed by atoms with Gasteiger partial charge in [0, 0.05) is 6.04 Å². The quantitative estimate of drug-likeness (QED) is 0.876. The number of benzene rings is 1. The molecule has 0 heterocycles. The molecule has 0 aliphatic heterocycles. The lowest BCUT2D eigenvalue weighted by Crippen LogP contribution is -2.40. The summed E-state index contributed by atoms with van der Waals surface area (Å²) in [6, 6.07) is 6.71. The summed E-state index contributed by atoms with van der Waals surface area (Å²) in [5.74, 6) is 1.11. The maximum Gasteiger partial charge on any atom is 0.240 e. The molecule has 1 aromatic carbocycles. The first-order valence-electron chi connectivity index (χ1n) is 7.78. The van der Waals surface area contributed by atoms with Crippen molar-refractivity contribution in [2.24, 2.45) is 5.92 Å². The second kappa shape index (κ2) is 7.27. The van der Waals surface area contributed by atoms with Crippen molar-refractivity contribution in [1.82, 2.24) is 4.72 Å². The third-order valence-electron chi connectivity index (χ3n) is 4.02. The van der Waals surface area contributed by atoms with E-state index in [1.54, 1.807) is 24.3 Å². The van der Waals surface area contributed by atoms with Gasteiger partial charge in [-0.25, -0.2) is 13.1 Å². The van der Waals surface area contributed by atoms with Crippen LogP contribution in [0.1, 0.15) is 46.0 Å². The van der Waals surface area contributed by atoms with Gasteiger partial charge in [-0.15, -0.1) is 0 Å². The Kier molecular flexibility index (Phi) is 5.65. The molecule has 0 radical (unpaired) electrons. The topological polar surface area (TPSA) is 55.4 Å². The summed E-state index contributed by atoms with van der Waals surface area (Å²) < 4.78 is 33.2. The van der Waals surface area contributed by atoms with Gasteiger partial charge >= 0.3 is 0 Å². The Balaban J connectivity index is 2.04. The van der Waals surface area contributed by atoms with Crippen LogP contribution in [0.15, 0.2) is 29.2 Å². The zero-order valence-corrected chi connectivity index (χ0v) is 13.7. The summed E-state index contributed by atoms with van der Waals surface area (Å²) in [6.07, 6.45) is 5.25. The summed E-state index contributed by atoms with van der Waals surface area (Å²) in [5, 5.41) is 0. The Morgan fingerprint density at radius 3 is 2.48 bits per heavy atom. The van der Waals surface area contributed by atoms with Gasteiger partial charge in [0.2, 0.25) is 10.0 Å². The second-order valence-electron chi connectivity index (χ2n) is 5.81. The second-order valence-corrected chi connectivity index (χ2v) is 7.52. The predicted molar refractivity (Wildman–Crippen MR) is 84.0 cm³/mol. The van der Waals surface area contributed by atoms with Gasteiger partial charge in [0.1, 0.15) is 5.75 Å². The Morgan fingerprint density at radius 1 is 1.19 bits per heavy atom. The lowest BCUT2D eigenvalue weighted by molar-refractivity contribution is 0.310. The van der Waals surface area contributed by atoms with Gasteiger partial charge in [-0.3, -0.25) is 0 Å². The summed E-state index contributed by atoms with van der Waals surface area (Å²) in [5.41, 5.74) is 0. The number of hydrogen-bond donors (Lipinski definition) is 1. The minimum Gasteiger partial charge on any atom is -0.494 e. The van der Waals surface area contributed by atoms with Crippen LogP contribution in [0.2, 0.25) is 0 Å². The van der Waals surface area contributed by atoms with E-state index in [2.05, 4.69) is 11.6 Å². The first kappa shape index (κ1) is 16.3. The highest BCUT2D eigenvalue weighted by molar-refractivity contribution is 7.89. The average molecular weight is 311 g/mol. The first-order valence-corrected chi connectivity index (χ1v) is 9.26. The van der Waals surface area contributed by atoms with Crippen LogP contribution in [-0.4, -0.2) is 21.1 Å². The zero-order chi connectivity index (χ0) is 15.3. The van der Waals surface area contributed by atoms with E-state index in [9.17, 15) is 8.42 Å². The smallest absolute Gasteiger partial charge is 0.240 e. The van der Waals surface area contributed by atoms with E-state index in [-0.39, 0.29) is 6.04 Å². The highest BCUT2D eigenvalue weighted by atomic mass is 32.2. The highest BCUT2D eigenvalue weighted by Crippen LogP contribution is 2.25. The number of sulfonamides is 1. The molecule has 1 aliphatic carbocycles. The van der Waals surface area contributed by atoms with Crippen molar-refractivity contribution in [2.75, 3.05) is 6.61 Å². The molecular weight excluding hydrogens is 286 g/mol. The monoisotopic (exact) mass is 311 g/mol. The maximum absolute atomic E-state index is 12.4. The van der Waals surface area contributed by atoms with Crippen LogP contribution in [0.4, 0.5) is 0 Å². The Labute approximate surface area is 127 Å². The van der Waals surface area contributed by atoms with Crippen LogP contribution >= 0.6 is 0 Å². The Morgan fingerprint density at radius 2 is 1.86 bits per heavy atom. The number of nitrogens with one attached hydrogen (secondary N) is 1. The lowest BCUT2D eigenvalue weighted by atomic mass is 9.87. The van der Waals surface area contributed by atoms with E-state index in [0.717, 1.165) is 25.7 Å². The van der Waals surface area contributed by atoms with Crippen molar-refractivity contribution >= 4 is 10.0 Å². The molecule has 1 N–H and O–H groups in total. The molecule has 4 nitrogen and oxygen atoms in total. The normalized spacial score (nSPS) is 23.0. The zero-order valence-electron chi connectivity index (χ0n) is 12.8. The molecule has 21 heavy (non-hydrogen) atoms. The van der Waals surface area contributed by atoms with E-state index < -0.39 is 10.0 Å². The van der Waals surface area contributed by atoms with Crippen molar-refractivity contribution in [3.8, 4) is 5.75 Å². The third kappa shape index (κ3) is 4.45. The average Bonchev–Trinajstić information content (AvgIpc) is 2.48. The number of ether oxygens (including phenoxy) is 1. The van der Waals surface area contributed by atoms with Crippen molar-refractivity contribution in [2.45, 2.75) is 56.9 Å². The van der Waals surface area contributed by atoms with Crippen LogP contribution < -0.4 is 9.46 Å². The van der Waals surface area contributed by atoms with E-state index in [1.165, 1.54) is 6.42 Å². The minimum atomic E-state index is -3.44.